The second-order valence-electron chi connectivity index (χ2n) is 4.11. The zero-order chi connectivity index (χ0) is 13.3. The summed E-state index contributed by atoms with van der Waals surface area (Å²) >= 11 is 6.56. The Labute approximate surface area is 116 Å². The molecule has 0 N–H and O–H groups in total. The molecule has 0 amide bonds. The predicted molar refractivity (Wildman–Crippen MR) is 81.4 cm³/mol. The third-order valence-corrected chi connectivity index (χ3v) is 4.42. The molecular formula is C13H25NOS2. The first kappa shape index (κ1) is 16.9. The third-order valence-electron chi connectivity index (χ3n) is 2.94. The maximum Gasteiger partial charge on any atom is 0.198 e. The number of rotatable bonds is 7. The van der Waals surface area contributed by atoms with Crippen LogP contribution in [-0.4, -0.2) is 27.4 Å². The smallest absolute Gasteiger partial charge is 0.198 e. The fourth-order valence-electron chi connectivity index (χ4n) is 1.65. The van der Waals surface area contributed by atoms with E-state index in [0.29, 0.717) is 0 Å². The van der Waals surface area contributed by atoms with Gasteiger partial charge in [-0.25, -0.2) is 0 Å². The second kappa shape index (κ2) is 9.89. The molecule has 4 heteroatoms. The van der Waals surface area contributed by atoms with E-state index in [4.69, 9.17) is 12.2 Å². The molecule has 0 aliphatic rings. The van der Waals surface area contributed by atoms with E-state index in [-0.39, 0.29) is 11.0 Å². The Balaban J connectivity index is 4.25. The maximum atomic E-state index is 12.1. The van der Waals surface area contributed by atoms with Crippen LogP contribution in [0.25, 0.3) is 0 Å². The zero-order valence-corrected chi connectivity index (χ0v) is 13.1. The van der Waals surface area contributed by atoms with Crippen LogP contribution >= 0.6 is 24.0 Å². The van der Waals surface area contributed by atoms with Crippen LogP contribution in [0, 0.1) is 5.92 Å². The highest BCUT2D eigenvalue weighted by Gasteiger charge is 2.19. The minimum atomic E-state index is 0.175. The highest BCUT2D eigenvalue weighted by atomic mass is 32.2. The lowest BCUT2D eigenvalue weighted by Gasteiger charge is -2.21. The number of hydrogen-bond donors (Lipinski definition) is 0. The van der Waals surface area contributed by atoms with Gasteiger partial charge in [0.2, 0.25) is 0 Å². The molecule has 0 saturated carbocycles. The van der Waals surface area contributed by atoms with Crippen molar-refractivity contribution >= 4 is 33.4 Å². The molecule has 0 aromatic rings. The number of carbonyl (C=O) groups is 1. The normalized spacial score (nSPS) is 12.2. The second-order valence-corrected chi connectivity index (χ2v) is 5.75. The van der Waals surface area contributed by atoms with Gasteiger partial charge in [0.1, 0.15) is 4.32 Å². The Morgan fingerprint density at radius 2 is 1.82 bits per heavy atom. The van der Waals surface area contributed by atoms with E-state index >= 15 is 0 Å². The minimum absolute atomic E-state index is 0.175. The van der Waals surface area contributed by atoms with Crippen LogP contribution in [0.5, 0.6) is 0 Å². The van der Waals surface area contributed by atoms with Crippen molar-refractivity contribution in [3.8, 4) is 0 Å². The number of carbonyl (C=O) groups excluding carboxylic acids is 1. The van der Waals surface area contributed by atoms with E-state index in [1.165, 1.54) is 11.8 Å². The number of thioether (sulfide) groups is 1. The van der Waals surface area contributed by atoms with Gasteiger partial charge in [-0.15, -0.1) is 0 Å². The summed E-state index contributed by atoms with van der Waals surface area (Å²) in [6, 6.07) is 0. The van der Waals surface area contributed by atoms with Crippen molar-refractivity contribution in [2.24, 2.45) is 5.92 Å². The molecule has 0 aromatic heterocycles. The van der Waals surface area contributed by atoms with E-state index < -0.39 is 0 Å². The van der Waals surface area contributed by atoms with Gasteiger partial charge in [0.05, 0.1) is 0 Å². The van der Waals surface area contributed by atoms with Crippen molar-refractivity contribution in [2.45, 2.75) is 53.4 Å². The number of unbranched alkanes of at least 4 members (excludes halogenated alkanes) is 1. The van der Waals surface area contributed by atoms with Gasteiger partial charge in [0, 0.05) is 19.0 Å². The lowest BCUT2D eigenvalue weighted by molar-refractivity contribution is -0.114. The summed E-state index contributed by atoms with van der Waals surface area (Å²) in [6.45, 7) is 10.1. The van der Waals surface area contributed by atoms with E-state index in [0.717, 1.165) is 43.1 Å². The SMILES string of the molecule is CCCCC(CC)C(=O)SC(=S)N(CC)CC. The van der Waals surface area contributed by atoms with Crippen molar-refractivity contribution in [3.05, 3.63) is 0 Å². The molecule has 0 heterocycles. The standard InChI is InChI=1S/C13H25NOS2/c1-5-9-10-11(6-2)12(15)17-13(16)14(7-3)8-4/h11H,5-10H2,1-4H3. The molecule has 0 aromatic carbocycles. The Hall–Kier alpha value is -0.0900. The first-order valence-corrected chi connectivity index (χ1v) is 7.83. The molecule has 0 radical (unpaired) electrons. The molecule has 0 spiro atoms. The highest BCUT2D eigenvalue weighted by molar-refractivity contribution is 8.32. The fraction of sp³-hybridized carbons (Fsp3) is 0.846. The number of nitrogens with zero attached hydrogens (tertiary/aromatic N) is 1. The molecular weight excluding hydrogens is 250 g/mol. The molecule has 0 aliphatic carbocycles. The van der Waals surface area contributed by atoms with E-state index in [1.54, 1.807) is 0 Å². The molecule has 1 atom stereocenters. The lowest BCUT2D eigenvalue weighted by atomic mass is 10.0. The van der Waals surface area contributed by atoms with Gasteiger partial charge in [-0.3, -0.25) is 4.79 Å². The van der Waals surface area contributed by atoms with Crippen LogP contribution in [0.15, 0.2) is 0 Å². The third kappa shape index (κ3) is 6.41. The summed E-state index contributed by atoms with van der Waals surface area (Å²) in [5.41, 5.74) is 0. The van der Waals surface area contributed by atoms with Crippen LogP contribution in [-0.2, 0) is 4.79 Å². The van der Waals surface area contributed by atoms with E-state index in [9.17, 15) is 4.79 Å². The lowest BCUT2D eigenvalue weighted by Crippen LogP contribution is -2.28. The monoisotopic (exact) mass is 275 g/mol. The zero-order valence-electron chi connectivity index (χ0n) is 11.5. The summed E-state index contributed by atoms with van der Waals surface area (Å²) in [4.78, 5) is 14.1. The summed E-state index contributed by atoms with van der Waals surface area (Å²) < 4.78 is 0.731. The predicted octanol–water partition coefficient (Wildman–Crippen LogP) is 4.09. The van der Waals surface area contributed by atoms with Gasteiger partial charge < -0.3 is 4.90 Å². The highest BCUT2D eigenvalue weighted by Crippen LogP contribution is 2.22. The molecule has 0 aliphatic heterocycles. The van der Waals surface area contributed by atoms with Gasteiger partial charge in [-0.05, 0) is 38.5 Å². The number of hydrogen-bond acceptors (Lipinski definition) is 3. The molecule has 2 nitrogen and oxygen atoms in total. The summed E-state index contributed by atoms with van der Waals surface area (Å²) in [7, 11) is 0. The molecule has 100 valence electrons. The minimum Gasteiger partial charge on any atom is -0.358 e. The topological polar surface area (TPSA) is 20.3 Å². The van der Waals surface area contributed by atoms with Crippen LogP contribution in [0.1, 0.15) is 53.4 Å². The van der Waals surface area contributed by atoms with Crippen molar-refractivity contribution in [1.29, 1.82) is 0 Å². The Kier molecular flexibility index (Phi) is 9.84. The Morgan fingerprint density at radius 1 is 1.24 bits per heavy atom. The van der Waals surface area contributed by atoms with E-state index in [1.807, 2.05) is 0 Å². The first-order valence-electron chi connectivity index (χ1n) is 6.61. The van der Waals surface area contributed by atoms with E-state index in [2.05, 4.69) is 32.6 Å². The molecule has 0 bridgehead atoms. The molecule has 0 rings (SSSR count). The number of thiocarbonyl (C=S) groups is 1. The van der Waals surface area contributed by atoms with Gasteiger partial charge in [0.25, 0.3) is 0 Å². The maximum absolute atomic E-state index is 12.1. The Bertz CT molecular complexity index is 240. The van der Waals surface area contributed by atoms with Crippen LogP contribution < -0.4 is 0 Å². The largest absolute Gasteiger partial charge is 0.358 e. The first-order chi connectivity index (χ1) is 8.10. The van der Waals surface area contributed by atoms with Crippen molar-refractivity contribution in [2.75, 3.05) is 13.1 Å². The van der Waals surface area contributed by atoms with Crippen LogP contribution in [0.2, 0.25) is 0 Å². The Morgan fingerprint density at radius 3 is 2.24 bits per heavy atom. The van der Waals surface area contributed by atoms with Gasteiger partial charge in [0.15, 0.2) is 5.12 Å². The summed E-state index contributed by atoms with van der Waals surface area (Å²) in [5.74, 6) is 0.175. The molecule has 1 unspecified atom stereocenters. The van der Waals surface area contributed by atoms with Gasteiger partial charge in [-0.1, -0.05) is 38.9 Å². The average molecular weight is 275 g/mol. The molecule has 0 saturated heterocycles. The van der Waals surface area contributed by atoms with Crippen LogP contribution in [0.3, 0.4) is 0 Å². The van der Waals surface area contributed by atoms with Crippen LogP contribution in [0.4, 0.5) is 0 Å². The van der Waals surface area contributed by atoms with Crippen molar-refractivity contribution in [3.63, 3.8) is 0 Å². The van der Waals surface area contributed by atoms with Gasteiger partial charge in [-0.2, -0.15) is 0 Å². The average Bonchev–Trinajstić information content (AvgIpc) is 2.31. The fourth-order valence-corrected chi connectivity index (χ4v) is 3.17. The van der Waals surface area contributed by atoms with Crippen molar-refractivity contribution in [1.82, 2.24) is 4.90 Å². The van der Waals surface area contributed by atoms with Crippen molar-refractivity contribution < 1.29 is 4.79 Å². The van der Waals surface area contributed by atoms with Gasteiger partial charge >= 0.3 is 0 Å². The molecule has 17 heavy (non-hydrogen) atoms. The summed E-state index contributed by atoms with van der Waals surface area (Å²) in [6.07, 6.45) is 4.20. The summed E-state index contributed by atoms with van der Waals surface area (Å²) in [5, 5.41) is 0.248. The molecule has 0 fully saturated rings. The quantitative estimate of drug-likeness (QED) is 0.652.